The third kappa shape index (κ3) is 6.19. The first-order chi connectivity index (χ1) is 15.9. The molecular weight excluding hydrogens is 450 g/mol. The Kier molecular flexibility index (Phi) is 8.09. The van der Waals surface area contributed by atoms with Gasteiger partial charge in [0.05, 0.1) is 12.5 Å². The smallest absolute Gasteiger partial charge is 0.321 e. The van der Waals surface area contributed by atoms with Crippen LogP contribution in [0.5, 0.6) is 17.2 Å². The Morgan fingerprint density at radius 1 is 1.03 bits per heavy atom. The van der Waals surface area contributed by atoms with Crippen LogP contribution in [0.3, 0.4) is 0 Å². The van der Waals surface area contributed by atoms with Crippen molar-refractivity contribution in [3.63, 3.8) is 0 Å². The third-order valence-electron chi connectivity index (χ3n) is 5.83. The summed E-state index contributed by atoms with van der Waals surface area (Å²) in [6.07, 6.45) is 0. The molecule has 2 aromatic rings. The number of carboxylic acid groups (broad SMARTS) is 1. The molecule has 1 heterocycles. The van der Waals surface area contributed by atoms with Gasteiger partial charge in [-0.15, -0.1) is 11.8 Å². The molecule has 0 saturated carbocycles. The van der Waals surface area contributed by atoms with E-state index in [2.05, 4.69) is 65.1 Å². The van der Waals surface area contributed by atoms with E-state index in [0.29, 0.717) is 30.5 Å². The molecule has 3 rings (SSSR count). The predicted molar refractivity (Wildman–Crippen MR) is 138 cm³/mol. The number of carboxylic acids is 1. The molecule has 0 aliphatic carbocycles. The molecule has 0 bridgehead atoms. The van der Waals surface area contributed by atoms with E-state index >= 15 is 0 Å². The third-order valence-corrected chi connectivity index (χ3v) is 7.08. The zero-order valence-corrected chi connectivity index (χ0v) is 22.0. The summed E-state index contributed by atoms with van der Waals surface area (Å²) in [5.74, 6) is 1.75. The first kappa shape index (κ1) is 26.2. The maximum Gasteiger partial charge on any atom is 0.321 e. The first-order valence-electron chi connectivity index (χ1n) is 11.6. The lowest BCUT2D eigenvalue weighted by Gasteiger charge is -2.27. The molecule has 34 heavy (non-hydrogen) atoms. The second-order valence-electron chi connectivity index (χ2n) is 10.6. The Morgan fingerprint density at radius 3 is 2.32 bits per heavy atom. The Hall–Kier alpha value is -2.38. The molecular formula is C27H37NO5S. The van der Waals surface area contributed by atoms with Crippen LogP contribution in [0.2, 0.25) is 0 Å². The van der Waals surface area contributed by atoms with Gasteiger partial charge in [-0.1, -0.05) is 65.8 Å². The lowest BCUT2D eigenvalue weighted by molar-refractivity contribution is -0.138. The van der Waals surface area contributed by atoms with Gasteiger partial charge in [-0.2, -0.15) is 0 Å². The molecule has 1 aliphatic rings. The molecule has 1 aliphatic heterocycles. The van der Waals surface area contributed by atoms with Gasteiger partial charge in [-0.05, 0) is 34.1 Å². The van der Waals surface area contributed by atoms with Gasteiger partial charge in [0.15, 0.2) is 11.5 Å². The molecule has 2 aromatic carbocycles. The normalized spacial score (nSPS) is 18.6. The van der Waals surface area contributed by atoms with Crippen molar-refractivity contribution in [3.8, 4) is 17.2 Å². The van der Waals surface area contributed by atoms with Crippen molar-refractivity contribution in [3.05, 3.63) is 53.1 Å². The average Bonchev–Trinajstić information content (AvgIpc) is 3.25. The van der Waals surface area contributed by atoms with E-state index in [0.717, 1.165) is 11.3 Å². The summed E-state index contributed by atoms with van der Waals surface area (Å²) in [7, 11) is 1.60. The first-order valence-corrected chi connectivity index (χ1v) is 12.6. The van der Waals surface area contributed by atoms with Gasteiger partial charge < -0.3 is 19.3 Å². The van der Waals surface area contributed by atoms with Gasteiger partial charge in [0, 0.05) is 11.3 Å². The molecule has 0 spiro atoms. The quantitative estimate of drug-likeness (QED) is 0.474. The summed E-state index contributed by atoms with van der Waals surface area (Å²) in [5.41, 5.74) is 3.33. The second-order valence-corrected chi connectivity index (χ2v) is 11.7. The van der Waals surface area contributed by atoms with Gasteiger partial charge in [-0.3, -0.25) is 10.1 Å². The van der Waals surface area contributed by atoms with Gasteiger partial charge in [0.1, 0.15) is 25.0 Å². The fourth-order valence-corrected chi connectivity index (χ4v) is 5.10. The molecule has 1 saturated heterocycles. The Bertz CT molecular complexity index is 1010. The standard InChI is InChI=1S/C27H37NO5S/c1-26(2,3)17-11-12-21(19(15-17)27(4,5)6)32-13-14-33-23-18(9-8-10-22(23)31-7)24-28-20(16-34-24)25(29)30/h8-12,15,20,24,28H,13-14,16H2,1-7H3,(H,29,30). The van der Waals surface area contributed by atoms with E-state index in [1.165, 1.54) is 11.1 Å². The minimum absolute atomic E-state index is 0.0562. The molecule has 0 amide bonds. The fourth-order valence-electron chi connectivity index (χ4n) is 3.85. The van der Waals surface area contributed by atoms with E-state index in [4.69, 9.17) is 14.2 Å². The highest BCUT2D eigenvalue weighted by Gasteiger charge is 2.32. The van der Waals surface area contributed by atoms with Crippen LogP contribution in [0.25, 0.3) is 0 Å². The number of thioether (sulfide) groups is 1. The summed E-state index contributed by atoms with van der Waals surface area (Å²) < 4.78 is 17.8. The number of ether oxygens (including phenoxy) is 3. The molecule has 0 aromatic heterocycles. The number of benzene rings is 2. The molecule has 6 nitrogen and oxygen atoms in total. The van der Waals surface area contributed by atoms with Crippen LogP contribution >= 0.6 is 11.8 Å². The number of carbonyl (C=O) groups is 1. The Labute approximate surface area is 207 Å². The van der Waals surface area contributed by atoms with Crippen molar-refractivity contribution in [1.29, 1.82) is 0 Å². The monoisotopic (exact) mass is 487 g/mol. The highest BCUT2D eigenvalue weighted by atomic mass is 32.2. The molecule has 2 N–H and O–H groups in total. The molecule has 186 valence electrons. The van der Waals surface area contributed by atoms with Crippen molar-refractivity contribution in [2.75, 3.05) is 26.1 Å². The number of methoxy groups -OCH3 is 1. The zero-order chi connectivity index (χ0) is 25.1. The van der Waals surface area contributed by atoms with Crippen molar-refractivity contribution >= 4 is 17.7 Å². The van der Waals surface area contributed by atoms with E-state index in [9.17, 15) is 9.90 Å². The van der Waals surface area contributed by atoms with Crippen molar-refractivity contribution < 1.29 is 24.1 Å². The number of rotatable bonds is 8. The summed E-state index contributed by atoms with van der Waals surface area (Å²) >= 11 is 1.55. The molecule has 2 unspecified atom stereocenters. The van der Waals surface area contributed by atoms with Crippen LogP contribution in [0, 0.1) is 0 Å². The highest BCUT2D eigenvalue weighted by molar-refractivity contribution is 7.99. The maximum absolute atomic E-state index is 11.4. The van der Waals surface area contributed by atoms with Crippen LogP contribution in [0.1, 0.15) is 63.6 Å². The van der Waals surface area contributed by atoms with E-state index in [1.54, 1.807) is 18.9 Å². The summed E-state index contributed by atoms with van der Waals surface area (Å²) in [4.78, 5) is 11.4. The van der Waals surface area contributed by atoms with Gasteiger partial charge in [0.2, 0.25) is 0 Å². The minimum Gasteiger partial charge on any atom is -0.493 e. The average molecular weight is 488 g/mol. The lowest BCUT2D eigenvalue weighted by atomic mass is 9.80. The number of hydrogen-bond acceptors (Lipinski definition) is 6. The SMILES string of the molecule is COc1cccc(C2NC(C(=O)O)CS2)c1OCCOc1ccc(C(C)(C)C)cc1C(C)(C)C. The predicted octanol–water partition coefficient (Wildman–Crippen LogP) is 5.54. The lowest BCUT2D eigenvalue weighted by Crippen LogP contribution is -2.33. The van der Waals surface area contributed by atoms with E-state index in [-0.39, 0.29) is 16.2 Å². The van der Waals surface area contributed by atoms with E-state index in [1.807, 2.05) is 18.2 Å². The summed E-state index contributed by atoms with van der Waals surface area (Å²) in [6, 6.07) is 11.5. The fraction of sp³-hybridized carbons (Fsp3) is 0.519. The zero-order valence-electron chi connectivity index (χ0n) is 21.2. The summed E-state index contributed by atoms with van der Waals surface area (Å²) in [5, 5.41) is 12.3. The van der Waals surface area contributed by atoms with Crippen LogP contribution < -0.4 is 19.5 Å². The number of para-hydroxylation sites is 1. The van der Waals surface area contributed by atoms with Crippen molar-refractivity contribution in [2.24, 2.45) is 0 Å². The molecule has 1 fully saturated rings. The van der Waals surface area contributed by atoms with Crippen LogP contribution in [-0.2, 0) is 15.6 Å². The molecule has 2 atom stereocenters. The van der Waals surface area contributed by atoms with E-state index < -0.39 is 12.0 Å². The van der Waals surface area contributed by atoms with Gasteiger partial charge >= 0.3 is 5.97 Å². The largest absolute Gasteiger partial charge is 0.493 e. The minimum atomic E-state index is -0.846. The molecule has 7 heteroatoms. The van der Waals surface area contributed by atoms with Gasteiger partial charge in [0.25, 0.3) is 0 Å². The molecule has 0 radical (unpaired) electrons. The number of aliphatic carboxylic acids is 1. The topological polar surface area (TPSA) is 77.0 Å². The van der Waals surface area contributed by atoms with Crippen molar-refractivity contribution in [2.45, 2.75) is 63.8 Å². The number of hydrogen-bond donors (Lipinski definition) is 2. The van der Waals surface area contributed by atoms with Crippen LogP contribution in [0.4, 0.5) is 0 Å². The number of nitrogens with one attached hydrogen (secondary N) is 1. The highest BCUT2D eigenvalue weighted by Crippen LogP contribution is 2.42. The Balaban J connectivity index is 1.72. The van der Waals surface area contributed by atoms with Crippen LogP contribution in [0.15, 0.2) is 36.4 Å². The van der Waals surface area contributed by atoms with Crippen molar-refractivity contribution in [1.82, 2.24) is 5.32 Å². The maximum atomic E-state index is 11.4. The Morgan fingerprint density at radius 2 is 1.74 bits per heavy atom. The second kappa shape index (κ2) is 10.5. The summed E-state index contributed by atoms with van der Waals surface area (Å²) in [6.45, 7) is 13.9. The van der Waals surface area contributed by atoms with Gasteiger partial charge in [-0.25, -0.2) is 0 Å². The van der Waals surface area contributed by atoms with Crippen LogP contribution in [-0.4, -0.2) is 43.2 Å².